The molecule has 1 amide bonds. The lowest BCUT2D eigenvalue weighted by Gasteiger charge is -2.20. The predicted molar refractivity (Wildman–Crippen MR) is 120 cm³/mol. The number of amides is 1. The van der Waals surface area contributed by atoms with Gasteiger partial charge in [-0.25, -0.2) is 4.79 Å². The summed E-state index contributed by atoms with van der Waals surface area (Å²) in [6.45, 7) is -0.602. The van der Waals surface area contributed by atoms with E-state index in [9.17, 15) is 9.59 Å². The standard InChI is InChI=1S/C21H24ClIN2O4/c22-16-11-17(23)21(20-15(16)9-6-10-24-20)29-13-19(27)28-12-18(26)25-14-7-4-2-1-3-5-8-14/h6,9-11,14H,1-5,7-8,12-13H2,(H,25,26). The third-order valence-electron chi connectivity index (χ3n) is 4.92. The number of esters is 1. The highest BCUT2D eigenvalue weighted by Gasteiger charge is 2.17. The number of fused-ring (bicyclic) bond motifs is 1. The van der Waals surface area contributed by atoms with Gasteiger partial charge in [0, 0.05) is 17.6 Å². The fourth-order valence-electron chi connectivity index (χ4n) is 3.47. The van der Waals surface area contributed by atoms with Crippen molar-refractivity contribution in [2.75, 3.05) is 13.2 Å². The summed E-state index contributed by atoms with van der Waals surface area (Å²) in [5.74, 6) is -0.397. The van der Waals surface area contributed by atoms with Gasteiger partial charge in [0.1, 0.15) is 5.52 Å². The molecule has 0 atom stereocenters. The minimum absolute atomic E-state index is 0.172. The molecule has 0 saturated heterocycles. The van der Waals surface area contributed by atoms with Gasteiger partial charge in [0.25, 0.3) is 5.91 Å². The second-order valence-corrected chi connectivity index (χ2v) is 8.70. The quantitative estimate of drug-likeness (QED) is 0.435. The summed E-state index contributed by atoms with van der Waals surface area (Å²) >= 11 is 8.33. The molecule has 3 rings (SSSR count). The van der Waals surface area contributed by atoms with Crippen LogP contribution in [0.25, 0.3) is 10.9 Å². The molecule has 1 aliphatic rings. The Morgan fingerprint density at radius 3 is 2.66 bits per heavy atom. The molecule has 6 nitrogen and oxygen atoms in total. The zero-order chi connectivity index (χ0) is 20.6. The molecule has 2 aromatic rings. The van der Waals surface area contributed by atoms with E-state index < -0.39 is 5.97 Å². The number of nitrogens with one attached hydrogen (secondary N) is 1. The molecule has 0 radical (unpaired) electrons. The summed E-state index contributed by atoms with van der Waals surface area (Å²) in [6, 6.07) is 5.56. The van der Waals surface area contributed by atoms with Gasteiger partial charge in [-0.2, -0.15) is 0 Å². The van der Waals surface area contributed by atoms with Gasteiger partial charge in [-0.05, 0) is 53.6 Å². The number of ether oxygens (including phenoxy) is 2. The number of hydrogen-bond acceptors (Lipinski definition) is 5. The van der Waals surface area contributed by atoms with Crippen LogP contribution in [0.2, 0.25) is 5.02 Å². The van der Waals surface area contributed by atoms with Crippen molar-refractivity contribution in [3.63, 3.8) is 0 Å². The van der Waals surface area contributed by atoms with Gasteiger partial charge in [-0.3, -0.25) is 9.78 Å². The monoisotopic (exact) mass is 530 g/mol. The van der Waals surface area contributed by atoms with Crippen molar-refractivity contribution in [2.45, 2.75) is 51.0 Å². The number of carbonyl (C=O) groups is 2. The minimum atomic E-state index is -0.604. The van der Waals surface area contributed by atoms with Crippen LogP contribution in [0.5, 0.6) is 5.75 Å². The van der Waals surface area contributed by atoms with Crippen LogP contribution in [-0.2, 0) is 14.3 Å². The van der Waals surface area contributed by atoms with E-state index in [0.29, 0.717) is 16.3 Å². The molecule has 0 bridgehead atoms. The van der Waals surface area contributed by atoms with E-state index in [4.69, 9.17) is 21.1 Å². The van der Waals surface area contributed by atoms with E-state index >= 15 is 0 Å². The Morgan fingerprint density at radius 1 is 1.17 bits per heavy atom. The van der Waals surface area contributed by atoms with Crippen LogP contribution in [-0.4, -0.2) is 36.1 Å². The van der Waals surface area contributed by atoms with Crippen molar-refractivity contribution in [2.24, 2.45) is 0 Å². The summed E-state index contributed by atoms with van der Waals surface area (Å²) in [6.07, 6.45) is 9.56. The fourth-order valence-corrected chi connectivity index (χ4v) is 4.64. The van der Waals surface area contributed by atoms with Crippen LogP contribution < -0.4 is 10.1 Å². The van der Waals surface area contributed by atoms with E-state index in [1.54, 1.807) is 18.3 Å². The van der Waals surface area contributed by atoms with Crippen molar-refractivity contribution in [3.05, 3.63) is 33.0 Å². The van der Waals surface area contributed by atoms with Gasteiger partial charge in [0.2, 0.25) is 0 Å². The van der Waals surface area contributed by atoms with Crippen molar-refractivity contribution >= 4 is 57.0 Å². The van der Waals surface area contributed by atoms with Gasteiger partial charge < -0.3 is 14.8 Å². The normalized spacial score (nSPS) is 15.4. The molecule has 0 aliphatic heterocycles. The number of benzene rings is 1. The Morgan fingerprint density at radius 2 is 1.90 bits per heavy atom. The molecule has 1 N–H and O–H groups in total. The number of pyridine rings is 1. The largest absolute Gasteiger partial charge is 0.478 e. The average Bonchev–Trinajstić information content (AvgIpc) is 2.68. The van der Waals surface area contributed by atoms with Crippen LogP contribution >= 0.6 is 34.2 Å². The van der Waals surface area contributed by atoms with Gasteiger partial charge in [0.15, 0.2) is 19.0 Å². The summed E-state index contributed by atoms with van der Waals surface area (Å²) in [5, 5.41) is 4.29. The Bertz CT molecular complexity index is 869. The van der Waals surface area contributed by atoms with Gasteiger partial charge in [0.05, 0.1) is 8.59 Å². The van der Waals surface area contributed by atoms with E-state index in [0.717, 1.165) is 34.6 Å². The highest BCUT2D eigenvalue weighted by molar-refractivity contribution is 14.1. The minimum Gasteiger partial charge on any atom is -0.478 e. The fraction of sp³-hybridized carbons (Fsp3) is 0.476. The second-order valence-electron chi connectivity index (χ2n) is 7.13. The van der Waals surface area contributed by atoms with Crippen molar-refractivity contribution in [1.29, 1.82) is 0 Å². The molecular weight excluding hydrogens is 507 g/mol. The molecule has 8 heteroatoms. The van der Waals surface area contributed by atoms with Crippen LogP contribution in [0.3, 0.4) is 0 Å². The maximum Gasteiger partial charge on any atom is 0.344 e. The number of hydrogen-bond donors (Lipinski definition) is 1. The van der Waals surface area contributed by atoms with Gasteiger partial charge in [-0.15, -0.1) is 0 Å². The van der Waals surface area contributed by atoms with Crippen LogP contribution in [0.15, 0.2) is 24.4 Å². The smallest absolute Gasteiger partial charge is 0.344 e. The second kappa shape index (κ2) is 11.0. The summed E-state index contributed by atoms with van der Waals surface area (Å²) < 4.78 is 11.5. The molecule has 0 spiro atoms. The first kappa shape index (κ1) is 22.1. The van der Waals surface area contributed by atoms with Crippen molar-refractivity contribution in [3.8, 4) is 5.75 Å². The maximum absolute atomic E-state index is 12.1. The third-order valence-corrected chi connectivity index (χ3v) is 6.03. The number of nitrogens with zero attached hydrogens (tertiary/aromatic N) is 1. The first-order valence-corrected chi connectivity index (χ1v) is 11.3. The van der Waals surface area contributed by atoms with E-state index in [1.165, 1.54) is 19.3 Å². The Labute approximate surface area is 188 Å². The van der Waals surface area contributed by atoms with E-state index in [2.05, 4.69) is 32.9 Å². The van der Waals surface area contributed by atoms with Gasteiger partial charge in [-0.1, -0.05) is 43.7 Å². The Balaban J connectivity index is 1.49. The summed E-state index contributed by atoms with van der Waals surface area (Å²) in [4.78, 5) is 28.5. The SMILES string of the molecule is O=C(COC(=O)COc1c(I)cc(Cl)c2cccnc12)NC1CCCCCCC1. The van der Waals surface area contributed by atoms with E-state index in [-0.39, 0.29) is 25.2 Å². The lowest BCUT2D eigenvalue weighted by atomic mass is 9.97. The molecule has 1 aliphatic carbocycles. The molecule has 1 aromatic heterocycles. The molecule has 1 heterocycles. The highest BCUT2D eigenvalue weighted by Crippen LogP contribution is 2.34. The maximum atomic E-state index is 12.1. The summed E-state index contributed by atoms with van der Waals surface area (Å²) in [7, 11) is 0. The topological polar surface area (TPSA) is 77.5 Å². The number of carbonyl (C=O) groups excluding carboxylic acids is 2. The van der Waals surface area contributed by atoms with Crippen LogP contribution in [0, 0.1) is 3.57 Å². The first-order chi connectivity index (χ1) is 14.0. The number of aromatic nitrogens is 1. The lowest BCUT2D eigenvalue weighted by molar-refractivity contribution is -0.150. The average molecular weight is 531 g/mol. The molecule has 1 saturated carbocycles. The first-order valence-electron chi connectivity index (χ1n) is 9.85. The van der Waals surface area contributed by atoms with Crippen molar-refractivity contribution < 1.29 is 19.1 Å². The van der Waals surface area contributed by atoms with Crippen LogP contribution in [0.1, 0.15) is 44.9 Å². The molecule has 29 heavy (non-hydrogen) atoms. The van der Waals surface area contributed by atoms with Crippen molar-refractivity contribution in [1.82, 2.24) is 10.3 Å². The Kier molecular flexibility index (Phi) is 8.35. The predicted octanol–water partition coefficient (Wildman–Crippen LogP) is 4.64. The third kappa shape index (κ3) is 6.44. The summed E-state index contributed by atoms with van der Waals surface area (Å²) in [5.41, 5.74) is 0.583. The zero-order valence-electron chi connectivity index (χ0n) is 16.1. The molecule has 156 valence electrons. The molecule has 1 aromatic carbocycles. The van der Waals surface area contributed by atoms with Gasteiger partial charge >= 0.3 is 5.97 Å². The Hall–Kier alpha value is -1.61. The highest BCUT2D eigenvalue weighted by atomic mass is 127. The number of rotatable bonds is 6. The lowest BCUT2D eigenvalue weighted by Crippen LogP contribution is -2.38. The van der Waals surface area contributed by atoms with Crippen LogP contribution in [0.4, 0.5) is 0 Å². The molecular formula is C21H24ClIN2O4. The van der Waals surface area contributed by atoms with E-state index in [1.807, 2.05) is 6.07 Å². The molecule has 1 fully saturated rings. The number of halogens is 2. The molecule has 0 unspecified atom stereocenters. The zero-order valence-corrected chi connectivity index (χ0v) is 19.0.